The highest BCUT2D eigenvalue weighted by molar-refractivity contribution is 5.80. The zero-order valence-corrected chi connectivity index (χ0v) is 12.9. The third kappa shape index (κ3) is 5.06. The maximum atomic E-state index is 12.0. The molecule has 2 aliphatic rings. The molecule has 0 bridgehead atoms. The second kappa shape index (κ2) is 7.99. The summed E-state index contributed by atoms with van der Waals surface area (Å²) in [4.78, 5) is 12.0. The molecule has 4 atom stereocenters. The fourth-order valence-corrected chi connectivity index (χ4v) is 3.22. The maximum absolute atomic E-state index is 12.0. The lowest BCUT2D eigenvalue weighted by atomic mass is 9.88. The fraction of sp³-hybridized carbons (Fsp3) is 0.938. The molecule has 0 radical (unpaired) electrons. The van der Waals surface area contributed by atoms with Crippen LogP contribution in [0.4, 0.5) is 0 Å². The molecule has 0 aromatic carbocycles. The van der Waals surface area contributed by atoms with Crippen molar-refractivity contribution < 1.29 is 14.3 Å². The summed E-state index contributed by atoms with van der Waals surface area (Å²) in [6.45, 7) is 5.69. The van der Waals surface area contributed by atoms with E-state index in [4.69, 9.17) is 9.47 Å². The van der Waals surface area contributed by atoms with E-state index < -0.39 is 0 Å². The van der Waals surface area contributed by atoms with Gasteiger partial charge in [-0.25, -0.2) is 0 Å². The third-order valence-electron chi connectivity index (χ3n) is 4.44. The molecular formula is C16H29NO3. The minimum absolute atomic E-state index is 0.0150. The normalized spacial score (nSPS) is 32.0. The van der Waals surface area contributed by atoms with E-state index in [1.807, 2.05) is 6.92 Å². The fourth-order valence-electron chi connectivity index (χ4n) is 3.22. The van der Waals surface area contributed by atoms with Crippen LogP contribution in [0.15, 0.2) is 0 Å². The first-order chi connectivity index (χ1) is 9.65. The molecule has 0 unspecified atom stereocenters. The number of ether oxygens (including phenoxy) is 2. The van der Waals surface area contributed by atoms with Crippen molar-refractivity contribution in [3.63, 3.8) is 0 Å². The smallest absolute Gasteiger partial charge is 0.248 e. The van der Waals surface area contributed by atoms with Gasteiger partial charge in [0.2, 0.25) is 5.91 Å². The molecule has 20 heavy (non-hydrogen) atoms. The van der Waals surface area contributed by atoms with Crippen molar-refractivity contribution in [2.24, 2.45) is 5.92 Å². The van der Waals surface area contributed by atoms with E-state index in [1.165, 1.54) is 12.8 Å². The number of carbonyl (C=O) groups excluding carboxylic acids is 1. The highest BCUT2D eigenvalue weighted by atomic mass is 16.5. The van der Waals surface area contributed by atoms with Crippen molar-refractivity contribution in [3.8, 4) is 0 Å². The quantitative estimate of drug-likeness (QED) is 0.815. The summed E-state index contributed by atoms with van der Waals surface area (Å²) in [5.41, 5.74) is 0. The van der Waals surface area contributed by atoms with Gasteiger partial charge in [-0.1, -0.05) is 19.8 Å². The highest BCUT2D eigenvalue weighted by Gasteiger charge is 2.24. The lowest BCUT2D eigenvalue weighted by Crippen LogP contribution is -2.38. The number of rotatable bonds is 6. The van der Waals surface area contributed by atoms with E-state index in [0.717, 1.165) is 44.6 Å². The molecule has 1 saturated carbocycles. The van der Waals surface area contributed by atoms with Gasteiger partial charge in [0.1, 0.15) is 6.10 Å². The molecule has 0 aromatic heterocycles. The van der Waals surface area contributed by atoms with Gasteiger partial charge in [0, 0.05) is 13.2 Å². The molecule has 2 fully saturated rings. The van der Waals surface area contributed by atoms with Gasteiger partial charge in [-0.2, -0.15) is 0 Å². The predicted octanol–water partition coefficient (Wildman–Crippen LogP) is 2.66. The van der Waals surface area contributed by atoms with E-state index in [-0.39, 0.29) is 18.1 Å². The molecule has 1 amide bonds. The second-order valence-electron chi connectivity index (χ2n) is 6.39. The summed E-state index contributed by atoms with van der Waals surface area (Å²) in [7, 11) is 0. The van der Waals surface area contributed by atoms with Gasteiger partial charge >= 0.3 is 0 Å². The van der Waals surface area contributed by atoms with Crippen LogP contribution >= 0.6 is 0 Å². The van der Waals surface area contributed by atoms with Crippen LogP contribution < -0.4 is 5.32 Å². The standard InChI is InChI=1S/C16H29NO3/c1-12-5-3-6-15(11-12)20-13(2)16(18)17-9-8-14-7-4-10-19-14/h12-15H,3-11H2,1-2H3,(H,17,18)/t12-,13-,14-,15+/m1/s1. The number of hydrogen-bond acceptors (Lipinski definition) is 3. The Kier molecular flexibility index (Phi) is 6.30. The first kappa shape index (κ1) is 15.8. The van der Waals surface area contributed by atoms with Crippen LogP contribution in [0.2, 0.25) is 0 Å². The van der Waals surface area contributed by atoms with Crippen molar-refractivity contribution in [1.29, 1.82) is 0 Å². The molecule has 1 heterocycles. The van der Waals surface area contributed by atoms with Gasteiger partial charge in [-0.3, -0.25) is 4.79 Å². The van der Waals surface area contributed by atoms with Crippen molar-refractivity contribution >= 4 is 5.91 Å². The summed E-state index contributed by atoms with van der Waals surface area (Å²) in [6, 6.07) is 0. The molecule has 0 aromatic rings. The average molecular weight is 283 g/mol. The lowest BCUT2D eigenvalue weighted by molar-refractivity contribution is -0.137. The van der Waals surface area contributed by atoms with Crippen LogP contribution in [0.1, 0.15) is 58.8 Å². The minimum Gasteiger partial charge on any atom is -0.378 e. The monoisotopic (exact) mass is 283 g/mol. The van der Waals surface area contributed by atoms with E-state index in [0.29, 0.717) is 12.6 Å². The van der Waals surface area contributed by atoms with Crippen molar-refractivity contribution in [1.82, 2.24) is 5.32 Å². The van der Waals surface area contributed by atoms with Crippen LogP contribution in [0.3, 0.4) is 0 Å². The first-order valence-corrected chi connectivity index (χ1v) is 8.20. The van der Waals surface area contributed by atoms with Crippen molar-refractivity contribution in [3.05, 3.63) is 0 Å². The molecule has 2 rings (SSSR count). The first-order valence-electron chi connectivity index (χ1n) is 8.20. The van der Waals surface area contributed by atoms with Crippen LogP contribution in [-0.4, -0.2) is 37.4 Å². The topological polar surface area (TPSA) is 47.6 Å². The summed E-state index contributed by atoms with van der Waals surface area (Å²) in [6.07, 6.45) is 8.16. The Hall–Kier alpha value is -0.610. The Labute approximate surface area is 122 Å². The molecule has 116 valence electrons. The zero-order chi connectivity index (χ0) is 14.4. The van der Waals surface area contributed by atoms with E-state index in [9.17, 15) is 4.79 Å². The number of nitrogens with one attached hydrogen (secondary N) is 1. The van der Waals surface area contributed by atoms with Gasteiger partial charge in [0.25, 0.3) is 0 Å². The van der Waals surface area contributed by atoms with E-state index >= 15 is 0 Å². The Morgan fingerprint density at radius 3 is 2.90 bits per heavy atom. The Morgan fingerprint density at radius 2 is 2.20 bits per heavy atom. The van der Waals surface area contributed by atoms with Gasteiger partial charge in [0.15, 0.2) is 0 Å². The average Bonchev–Trinajstić information content (AvgIpc) is 2.91. The molecular weight excluding hydrogens is 254 g/mol. The molecule has 1 aliphatic heterocycles. The molecule has 1 N–H and O–H groups in total. The Morgan fingerprint density at radius 1 is 1.35 bits per heavy atom. The Bertz CT molecular complexity index is 302. The van der Waals surface area contributed by atoms with Crippen LogP contribution in [0.25, 0.3) is 0 Å². The summed E-state index contributed by atoms with van der Waals surface area (Å²) in [5, 5.41) is 2.97. The summed E-state index contributed by atoms with van der Waals surface area (Å²) < 4.78 is 11.4. The molecule has 0 spiro atoms. The predicted molar refractivity (Wildman–Crippen MR) is 78.6 cm³/mol. The maximum Gasteiger partial charge on any atom is 0.248 e. The van der Waals surface area contributed by atoms with Crippen LogP contribution in [-0.2, 0) is 14.3 Å². The minimum atomic E-state index is -0.338. The number of amides is 1. The summed E-state index contributed by atoms with van der Waals surface area (Å²) >= 11 is 0. The highest BCUT2D eigenvalue weighted by Crippen LogP contribution is 2.26. The van der Waals surface area contributed by atoms with Gasteiger partial charge in [0.05, 0.1) is 12.2 Å². The van der Waals surface area contributed by atoms with Crippen LogP contribution in [0.5, 0.6) is 0 Å². The Balaban J connectivity index is 1.61. The third-order valence-corrected chi connectivity index (χ3v) is 4.44. The van der Waals surface area contributed by atoms with Gasteiger partial charge in [-0.05, 0) is 44.9 Å². The van der Waals surface area contributed by atoms with Crippen molar-refractivity contribution in [2.45, 2.75) is 77.1 Å². The molecule has 4 heteroatoms. The molecule has 1 aliphatic carbocycles. The van der Waals surface area contributed by atoms with Crippen LogP contribution in [0, 0.1) is 5.92 Å². The van der Waals surface area contributed by atoms with Gasteiger partial charge < -0.3 is 14.8 Å². The van der Waals surface area contributed by atoms with Gasteiger partial charge in [-0.15, -0.1) is 0 Å². The van der Waals surface area contributed by atoms with Crippen molar-refractivity contribution in [2.75, 3.05) is 13.2 Å². The lowest BCUT2D eigenvalue weighted by Gasteiger charge is -2.29. The molecule has 4 nitrogen and oxygen atoms in total. The van der Waals surface area contributed by atoms with E-state index in [1.54, 1.807) is 0 Å². The molecule has 1 saturated heterocycles. The number of hydrogen-bond donors (Lipinski definition) is 1. The largest absolute Gasteiger partial charge is 0.378 e. The SMILES string of the molecule is C[C@@H]1CCC[C@H](O[C@H](C)C(=O)NCC[C@H]2CCCO2)C1. The number of carbonyl (C=O) groups is 1. The zero-order valence-electron chi connectivity index (χ0n) is 12.9. The van der Waals surface area contributed by atoms with E-state index in [2.05, 4.69) is 12.2 Å². The second-order valence-corrected chi connectivity index (χ2v) is 6.39. The summed E-state index contributed by atoms with van der Waals surface area (Å²) in [5.74, 6) is 0.741.